The number of carbonyl (C=O) groups is 1. The van der Waals surface area contributed by atoms with E-state index in [9.17, 15) is 9.59 Å². The molecular formula is C11H12N4O3. The number of nitrogens with two attached hydrogens (primary N) is 1. The molecule has 0 unspecified atom stereocenters. The van der Waals surface area contributed by atoms with Gasteiger partial charge in [-0.2, -0.15) is 5.10 Å². The smallest absolute Gasteiger partial charge is 0.301 e. The number of hydrogen-bond acceptors (Lipinski definition) is 5. The zero-order valence-electron chi connectivity index (χ0n) is 9.71. The fourth-order valence-corrected chi connectivity index (χ4v) is 1.57. The average Bonchev–Trinajstić information content (AvgIpc) is 2.72. The molecular weight excluding hydrogens is 236 g/mol. The van der Waals surface area contributed by atoms with Crippen molar-refractivity contribution < 1.29 is 9.21 Å². The third-order valence-corrected chi connectivity index (χ3v) is 2.40. The second-order valence-electron chi connectivity index (χ2n) is 3.72. The molecule has 0 saturated heterocycles. The zero-order chi connectivity index (χ0) is 13.1. The summed E-state index contributed by atoms with van der Waals surface area (Å²) in [6.07, 6.45) is 1.50. The van der Waals surface area contributed by atoms with Crippen molar-refractivity contribution in [3.05, 3.63) is 51.8 Å². The van der Waals surface area contributed by atoms with E-state index in [-0.39, 0.29) is 17.9 Å². The summed E-state index contributed by atoms with van der Waals surface area (Å²) < 4.78 is 6.57. The van der Waals surface area contributed by atoms with Gasteiger partial charge in [0.05, 0.1) is 0 Å². The van der Waals surface area contributed by atoms with Gasteiger partial charge in [0.25, 0.3) is 5.56 Å². The predicted molar refractivity (Wildman–Crippen MR) is 62.7 cm³/mol. The molecule has 1 amide bonds. The first-order chi connectivity index (χ1) is 8.61. The molecule has 2 aromatic heterocycles. The number of aromatic nitrogens is 2. The molecule has 0 radical (unpaired) electrons. The van der Waals surface area contributed by atoms with E-state index >= 15 is 0 Å². The Morgan fingerprint density at radius 3 is 3.06 bits per heavy atom. The van der Waals surface area contributed by atoms with E-state index in [4.69, 9.17) is 10.3 Å². The minimum Gasteiger partial charge on any atom is -0.454 e. The first kappa shape index (κ1) is 12.1. The topological polar surface area (TPSA) is 103 Å². The van der Waals surface area contributed by atoms with E-state index in [1.807, 2.05) is 5.43 Å². The number of aryl methyl sites for hydroxylation is 1. The van der Waals surface area contributed by atoms with Gasteiger partial charge in [-0.3, -0.25) is 15.0 Å². The number of nitrogens with one attached hydrogen (secondary N) is 1. The highest BCUT2D eigenvalue weighted by Gasteiger charge is 2.15. The summed E-state index contributed by atoms with van der Waals surface area (Å²) in [7, 11) is 0. The number of hydrogen-bond donors (Lipinski definition) is 2. The van der Waals surface area contributed by atoms with Gasteiger partial charge in [-0.1, -0.05) is 0 Å². The van der Waals surface area contributed by atoms with Gasteiger partial charge >= 0.3 is 5.91 Å². The molecule has 7 heteroatoms. The predicted octanol–water partition coefficient (Wildman–Crippen LogP) is -0.203. The second-order valence-corrected chi connectivity index (χ2v) is 3.72. The molecule has 7 nitrogen and oxygen atoms in total. The standard InChI is InChI=1S/C11H12N4O3/c1-7-5-8(18-10(7)11(17)14-12)6-15-9(16)3-2-4-13-15/h2-5H,6,12H2,1H3,(H,14,17). The molecule has 2 heterocycles. The van der Waals surface area contributed by atoms with E-state index in [0.717, 1.165) is 0 Å². The van der Waals surface area contributed by atoms with Crippen LogP contribution in [0.1, 0.15) is 21.9 Å². The Balaban J connectivity index is 2.29. The molecule has 0 aliphatic carbocycles. The molecule has 2 aromatic rings. The highest BCUT2D eigenvalue weighted by molar-refractivity contribution is 5.92. The number of hydrazine groups is 1. The Hall–Kier alpha value is -2.41. The maximum absolute atomic E-state index is 11.5. The lowest BCUT2D eigenvalue weighted by molar-refractivity contribution is 0.0923. The van der Waals surface area contributed by atoms with Gasteiger partial charge in [-0.25, -0.2) is 10.5 Å². The number of nitrogen functional groups attached to an aromatic ring is 1. The van der Waals surface area contributed by atoms with Gasteiger partial charge in [0, 0.05) is 17.8 Å². The van der Waals surface area contributed by atoms with Gasteiger partial charge in [0.1, 0.15) is 12.3 Å². The normalized spacial score (nSPS) is 10.3. The molecule has 0 aliphatic rings. The number of rotatable bonds is 3. The third-order valence-electron chi connectivity index (χ3n) is 2.40. The van der Waals surface area contributed by atoms with Crippen LogP contribution in [-0.4, -0.2) is 15.7 Å². The molecule has 3 N–H and O–H groups in total. The SMILES string of the molecule is Cc1cc(Cn2ncccc2=O)oc1C(=O)NN. The van der Waals surface area contributed by atoms with Crippen LogP contribution in [0.3, 0.4) is 0 Å². The van der Waals surface area contributed by atoms with Gasteiger partial charge in [0.15, 0.2) is 5.76 Å². The van der Waals surface area contributed by atoms with Gasteiger partial charge < -0.3 is 4.42 Å². The van der Waals surface area contributed by atoms with Crippen LogP contribution in [0.2, 0.25) is 0 Å². The van der Waals surface area contributed by atoms with Crippen LogP contribution in [0.25, 0.3) is 0 Å². The minimum absolute atomic E-state index is 0.136. The summed E-state index contributed by atoms with van der Waals surface area (Å²) in [5, 5.41) is 3.90. The van der Waals surface area contributed by atoms with Crippen LogP contribution in [0.15, 0.2) is 33.6 Å². The summed E-state index contributed by atoms with van der Waals surface area (Å²) in [6, 6.07) is 4.63. The summed E-state index contributed by atoms with van der Waals surface area (Å²) in [5.74, 6) is 5.12. The van der Waals surface area contributed by atoms with Crippen LogP contribution in [0, 0.1) is 6.92 Å². The molecule has 0 spiro atoms. The Morgan fingerprint density at radius 2 is 2.39 bits per heavy atom. The van der Waals surface area contributed by atoms with E-state index in [0.29, 0.717) is 11.3 Å². The second kappa shape index (κ2) is 4.84. The van der Waals surface area contributed by atoms with Crippen LogP contribution >= 0.6 is 0 Å². The lowest BCUT2D eigenvalue weighted by atomic mass is 10.2. The fraction of sp³-hybridized carbons (Fsp3) is 0.182. The molecule has 0 aliphatic heterocycles. The van der Waals surface area contributed by atoms with E-state index in [1.54, 1.807) is 19.1 Å². The lowest BCUT2D eigenvalue weighted by Gasteiger charge is -2.00. The molecule has 0 atom stereocenters. The van der Waals surface area contributed by atoms with Gasteiger partial charge in [0.2, 0.25) is 0 Å². The molecule has 18 heavy (non-hydrogen) atoms. The lowest BCUT2D eigenvalue weighted by Crippen LogP contribution is -2.30. The van der Waals surface area contributed by atoms with Crippen molar-refractivity contribution in [3.8, 4) is 0 Å². The summed E-state index contributed by atoms with van der Waals surface area (Å²) in [6.45, 7) is 1.89. The maximum Gasteiger partial charge on any atom is 0.301 e. The maximum atomic E-state index is 11.5. The van der Waals surface area contributed by atoms with E-state index in [2.05, 4.69) is 5.10 Å². The fourth-order valence-electron chi connectivity index (χ4n) is 1.57. The number of amides is 1. The first-order valence-electron chi connectivity index (χ1n) is 5.24. The molecule has 0 fully saturated rings. The minimum atomic E-state index is -0.507. The quantitative estimate of drug-likeness (QED) is 0.444. The van der Waals surface area contributed by atoms with Crippen LogP contribution in [-0.2, 0) is 6.54 Å². The van der Waals surface area contributed by atoms with E-state index in [1.165, 1.54) is 16.9 Å². The summed E-state index contributed by atoms with van der Waals surface area (Å²) in [5.41, 5.74) is 2.40. The highest BCUT2D eigenvalue weighted by atomic mass is 16.4. The van der Waals surface area contributed by atoms with E-state index < -0.39 is 5.91 Å². The Morgan fingerprint density at radius 1 is 1.61 bits per heavy atom. The van der Waals surface area contributed by atoms with Gasteiger partial charge in [-0.15, -0.1) is 0 Å². The molecule has 2 rings (SSSR count). The Bertz CT molecular complexity index is 629. The third kappa shape index (κ3) is 2.30. The van der Waals surface area contributed by atoms with Crippen molar-refractivity contribution in [2.45, 2.75) is 13.5 Å². The Labute approximate surface area is 102 Å². The number of nitrogens with zero attached hydrogens (tertiary/aromatic N) is 2. The van der Waals surface area contributed by atoms with Crippen molar-refractivity contribution in [1.29, 1.82) is 0 Å². The molecule has 0 saturated carbocycles. The average molecular weight is 248 g/mol. The van der Waals surface area contributed by atoms with Crippen LogP contribution < -0.4 is 16.8 Å². The van der Waals surface area contributed by atoms with Gasteiger partial charge in [-0.05, 0) is 19.1 Å². The largest absolute Gasteiger partial charge is 0.454 e. The number of furan rings is 1. The van der Waals surface area contributed by atoms with Crippen molar-refractivity contribution in [2.24, 2.45) is 5.84 Å². The van der Waals surface area contributed by atoms with Crippen molar-refractivity contribution in [1.82, 2.24) is 15.2 Å². The first-order valence-corrected chi connectivity index (χ1v) is 5.24. The summed E-state index contributed by atoms with van der Waals surface area (Å²) >= 11 is 0. The molecule has 0 aromatic carbocycles. The summed E-state index contributed by atoms with van der Waals surface area (Å²) in [4.78, 5) is 22.8. The molecule has 94 valence electrons. The molecule has 0 bridgehead atoms. The van der Waals surface area contributed by atoms with Crippen molar-refractivity contribution in [3.63, 3.8) is 0 Å². The Kier molecular flexibility index (Phi) is 3.24. The monoisotopic (exact) mass is 248 g/mol. The zero-order valence-corrected chi connectivity index (χ0v) is 9.71. The highest BCUT2D eigenvalue weighted by Crippen LogP contribution is 2.14. The van der Waals surface area contributed by atoms with Crippen molar-refractivity contribution in [2.75, 3.05) is 0 Å². The number of carbonyl (C=O) groups excluding carboxylic acids is 1. The van der Waals surface area contributed by atoms with Crippen molar-refractivity contribution >= 4 is 5.91 Å². The van der Waals surface area contributed by atoms with Crippen LogP contribution in [0.4, 0.5) is 0 Å². The van der Waals surface area contributed by atoms with Crippen LogP contribution in [0.5, 0.6) is 0 Å².